The van der Waals surface area contributed by atoms with E-state index in [1.54, 1.807) is 41.2 Å². The summed E-state index contributed by atoms with van der Waals surface area (Å²) in [5, 5.41) is 0. The van der Waals surface area contributed by atoms with Crippen LogP contribution in [0.5, 0.6) is 11.5 Å². The maximum Gasteiger partial charge on any atom is 0.260 e. The predicted octanol–water partition coefficient (Wildman–Crippen LogP) is 0.0936. The summed E-state index contributed by atoms with van der Waals surface area (Å²) in [5.41, 5.74) is 5.39. The van der Waals surface area contributed by atoms with Gasteiger partial charge in [0.15, 0.2) is 6.61 Å². The lowest BCUT2D eigenvalue weighted by Crippen LogP contribution is -2.51. The minimum absolute atomic E-state index is 0.0108. The number of carbonyl (C=O) groups excluding carboxylic acids is 2. The summed E-state index contributed by atoms with van der Waals surface area (Å²) in [6.07, 6.45) is 0.356. The first kappa shape index (κ1) is 17.1. The third-order valence-corrected chi connectivity index (χ3v) is 3.77. The Balaban J connectivity index is 1.75. The standard InChI is InChI=1S/C16H23N3O4/c1-22-13-2-4-14(5-3-13)23-12-16(21)19-10-8-18(9-11-19)15(20)6-7-17/h2-5H,6-12,17H2,1H3. The highest BCUT2D eigenvalue weighted by Crippen LogP contribution is 2.17. The molecule has 1 saturated heterocycles. The van der Waals surface area contributed by atoms with Gasteiger partial charge in [-0.05, 0) is 24.3 Å². The first-order valence-corrected chi connectivity index (χ1v) is 7.66. The lowest BCUT2D eigenvalue weighted by Gasteiger charge is -2.34. The van der Waals surface area contributed by atoms with Crippen LogP contribution in [0.15, 0.2) is 24.3 Å². The zero-order valence-corrected chi connectivity index (χ0v) is 13.4. The van der Waals surface area contributed by atoms with Gasteiger partial charge in [0.25, 0.3) is 5.91 Å². The summed E-state index contributed by atoms with van der Waals surface area (Å²) in [6, 6.07) is 7.08. The van der Waals surface area contributed by atoms with Crippen LogP contribution in [-0.2, 0) is 9.59 Å². The van der Waals surface area contributed by atoms with Crippen molar-refractivity contribution in [2.24, 2.45) is 5.73 Å². The topological polar surface area (TPSA) is 85.1 Å². The van der Waals surface area contributed by atoms with Gasteiger partial charge in [-0.2, -0.15) is 0 Å². The number of methoxy groups -OCH3 is 1. The first-order valence-electron chi connectivity index (χ1n) is 7.66. The summed E-state index contributed by atoms with van der Waals surface area (Å²) in [7, 11) is 1.59. The number of hydrogen-bond acceptors (Lipinski definition) is 5. The van der Waals surface area contributed by atoms with Crippen LogP contribution in [0.1, 0.15) is 6.42 Å². The number of nitrogens with zero attached hydrogens (tertiary/aromatic N) is 2. The molecule has 0 aliphatic carbocycles. The fourth-order valence-electron chi connectivity index (χ4n) is 2.40. The average molecular weight is 321 g/mol. The van der Waals surface area contributed by atoms with Gasteiger partial charge in [-0.3, -0.25) is 9.59 Å². The zero-order valence-electron chi connectivity index (χ0n) is 13.4. The highest BCUT2D eigenvalue weighted by molar-refractivity contribution is 5.79. The third kappa shape index (κ3) is 4.85. The fourth-order valence-corrected chi connectivity index (χ4v) is 2.40. The largest absolute Gasteiger partial charge is 0.497 e. The Morgan fingerprint density at radius 3 is 2.04 bits per heavy atom. The Hall–Kier alpha value is -2.28. The van der Waals surface area contributed by atoms with Gasteiger partial charge in [-0.1, -0.05) is 0 Å². The SMILES string of the molecule is COc1ccc(OCC(=O)N2CCN(C(=O)CCN)CC2)cc1. The molecule has 0 bridgehead atoms. The van der Waals surface area contributed by atoms with Crippen LogP contribution in [0.2, 0.25) is 0 Å². The second-order valence-corrected chi connectivity index (χ2v) is 5.26. The molecule has 1 aromatic rings. The third-order valence-electron chi connectivity index (χ3n) is 3.77. The number of piperazine rings is 1. The van der Waals surface area contributed by atoms with Crippen molar-refractivity contribution in [2.75, 3.05) is 46.4 Å². The molecule has 0 atom stereocenters. The van der Waals surface area contributed by atoms with Crippen LogP contribution in [0.25, 0.3) is 0 Å². The van der Waals surface area contributed by atoms with E-state index in [9.17, 15) is 9.59 Å². The molecule has 126 valence electrons. The number of benzene rings is 1. The molecule has 2 rings (SSSR count). The molecule has 0 saturated carbocycles. The van der Waals surface area contributed by atoms with Crippen molar-refractivity contribution in [2.45, 2.75) is 6.42 Å². The van der Waals surface area contributed by atoms with Crippen LogP contribution in [0.4, 0.5) is 0 Å². The van der Waals surface area contributed by atoms with Gasteiger partial charge < -0.3 is 25.0 Å². The molecule has 1 aliphatic rings. The Labute approximate surface area is 135 Å². The molecule has 1 aliphatic heterocycles. The molecule has 7 nitrogen and oxygen atoms in total. The van der Waals surface area contributed by atoms with Crippen molar-refractivity contribution in [1.29, 1.82) is 0 Å². The minimum atomic E-state index is -0.0771. The van der Waals surface area contributed by atoms with Gasteiger partial charge in [-0.25, -0.2) is 0 Å². The maximum atomic E-state index is 12.1. The molecular weight excluding hydrogens is 298 g/mol. The van der Waals surface area contributed by atoms with Crippen LogP contribution >= 0.6 is 0 Å². The van der Waals surface area contributed by atoms with E-state index in [-0.39, 0.29) is 18.4 Å². The molecule has 1 fully saturated rings. The molecule has 2 N–H and O–H groups in total. The van der Waals surface area contributed by atoms with Crippen molar-refractivity contribution in [3.63, 3.8) is 0 Å². The number of amides is 2. The summed E-state index contributed by atoms with van der Waals surface area (Å²) in [4.78, 5) is 27.4. The summed E-state index contributed by atoms with van der Waals surface area (Å²) < 4.78 is 10.6. The van der Waals surface area contributed by atoms with E-state index < -0.39 is 0 Å². The average Bonchev–Trinajstić information content (AvgIpc) is 2.60. The van der Waals surface area contributed by atoms with E-state index in [0.717, 1.165) is 5.75 Å². The molecule has 0 radical (unpaired) electrons. The van der Waals surface area contributed by atoms with Gasteiger partial charge in [0, 0.05) is 39.1 Å². The van der Waals surface area contributed by atoms with Crippen molar-refractivity contribution >= 4 is 11.8 Å². The number of ether oxygens (including phenoxy) is 2. The molecule has 0 aromatic heterocycles. The lowest BCUT2D eigenvalue weighted by atomic mass is 10.2. The van der Waals surface area contributed by atoms with Crippen molar-refractivity contribution < 1.29 is 19.1 Å². The van der Waals surface area contributed by atoms with E-state index in [1.165, 1.54) is 0 Å². The molecule has 7 heteroatoms. The Kier molecular flexibility index (Phi) is 6.22. The first-order chi connectivity index (χ1) is 11.1. The van der Waals surface area contributed by atoms with Gasteiger partial charge in [-0.15, -0.1) is 0 Å². The van der Waals surface area contributed by atoms with Crippen molar-refractivity contribution in [3.05, 3.63) is 24.3 Å². The Morgan fingerprint density at radius 1 is 1.00 bits per heavy atom. The lowest BCUT2D eigenvalue weighted by molar-refractivity contribution is -0.140. The smallest absolute Gasteiger partial charge is 0.260 e. The quantitative estimate of drug-likeness (QED) is 0.803. The van der Waals surface area contributed by atoms with E-state index >= 15 is 0 Å². The zero-order chi connectivity index (χ0) is 16.7. The monoisotopic (exact) mass is 321 g/mol. The van der Waals surface area contributed by atoms with Gasteiger partial charge in [0.05, 0.1) is 7.11 Å². The fraction of sp³-hybridized carbons (Fsp3) is 0.500. The number of carbonyl (C=O) groups is 2. The van der Waals surface area contributed by atoms with Gasteiger partial charge in [0.2, 0.25) is 5.91 Å². The molecule has 2 amide bonds. The Bertz CT molecular complexity index is 525. The minimum Gasteiger partial charge on any atom is -0.497 e. The Morgan fingerprint density at radius 2 is 1.52 bits per heavy atom. The van der Waals surface area contributed by atoms with E-state index in [4.69, 9.17) is 15.2 Å². The molecule has 1 aromatic carbocycles. The number of hydrogen-bond donors (Lipinski definition) is 1. The van der Waals surface area contributed by atoms with Crippen LogP contribution in [0.3, 0.4) is 0 Å². The molecule has 0 spiro atoms. The van der Waals surface area contributed by atoms with E-state index in [2.05, 4.69) is 0 Å². The molecule has 1 heterocycles. The van der Waals surface area contributed by atoms with Crippen LogP contribution in [0, 0.1) is 0 Å². The maximum absolute atomic E-state index is 12.1. The second kappa shape index (κ2) is 8.38. The number of rotatable bonds is 6. The number of nitrogens with two attached hydrogens (primary N) is 1. The highest BCUT2D eigenvalue weighted by Gasteiger charge is 2.23. The van der Waals surface area contributed by atoms with E-state index in [1.807, 2.05) is 0 Å². The normalized spacial score (nSPS) is 14.5. The summed E-state index contributed by atoms with van der Waals surface area (Å²) in [6.45, 7) is 2.50. The van der Waals surface area contributed by atoms with Crippen LogP contribution < -0.4 is 15.2 Å². The molecule has 0 unspecified atom stereocenters. The second-order valence-electron chi connectivity index (χ2n) is 5.26. The predicted molar refractivity (Wildman–Crippen MR) is 85.3 cm³/mol. The molecular formula is C16H23N3O4. The van der Waals surface area contributed by atoms with Gasteiger partial charge >= 0.3 is 0 Å². The van der Waals surface area contributed by atoms with Crippen LogP contribution in [-0.4, -0.2) is 68.1 Å². The summed E-state index contributed by atoms with van der Waals surface area (Å²) in [5.74, 6) is 1.33. The molecule has 23 heavy (non-hydrogen) atoms. The van der Waals surface area contributed by atoms with E-state index in [0.29, 0.717) is 44.9 Å². The van der Waals surface area contributed by atoms with Crippen molar-refractivity contribution in [1.82, 2.24) is 9.80 Å². The van der Waals surface area contributed by atoms with Crippen molar-refractivity contribution in [3.8, 4) is 11.5 Å². The summed E-state index contributed by atoms with van der Waals surface area (Å²) >= 11 is 0. The van der Waals surface area contributed by atoms with Gasteiger partial charge in [0.1, 0.15) is 11.5 Å². The highest BCUT2D eigenvalue weighted by atomic mass is 16.5.